The highest BCUT2D eigenvalue weighted by atomic mass is 16.3. The Morgan fingerprint density at radius 2 is 1.77 bits per heavy atom. The van der Waals surface area contributed by atoms with Gasteiger partial charge in [-0.3, -0.25) is 9.59 Å². The summed E-state index contributed by atoms with van der Waals surface area (Å²) in [6, 6.07) is 5.72. The van der Waals surface area contributed by atoms with Gasteiger partial charge in [-0.25, -0.2) is 0 Å². The summed E-state index contributed by atoms with van der Waals surface area (Å²) < 4.78 is 0. The van der Waals surface area contributed by atoms with Gasteiger partial charge < -0.3 is 15.5 Å². The first-order valence-corrected chi connectivity index (χ1v) is 10.8. The van der Waals surface area contributed by atoms with Gasteiger partial charge in [0, 0.05) is 6.42 Å². The Labute approximate surface area is 184 Å². The van der Waals surface area contributed by atoms with E-state index < -0.39 is 17.7 Å². The van der Waals surface area contributed by atoms with Crippen molar-refractivity contribution in [1.29, 1.82) is 0 Å². The van der Waals surface area contributed by atoms with E-state index in [9.17, 15) is 19.8 Å². The van der Waals surface area contributed by atoms with Crippen molar-refractivity contribution in [3.05, 3.63) is 77.1 Å². The highest BCUT2D eigenvalue weighted by Crippen LogP contribution is 2.20. The molecule has 1 aromatic rings. The molecule has 0 bridgehead atoms. The molecule has 0 aromatic heterocycles. The minimum absolute atomic E-state index is 0.136. The molecule has 2 rings (SSSR count). The van der Waals surface area contributed by atoms with Crippen LogP contribution in [0.25, 0.3) is 0 Å². The van der Waals surface area contributed by atoms with E-state index in [4.69, 9.17) is 0 Å². The third-order valence-electron chi connectivity index (χ3n) is 5.47. The minimum Gasteiger partial charge on any atom is -0.508 e. The number of phenols is 1. The number of rotatable bonds is 9. The molecule has 1 fully saturated rings. The largest absolute Gasteiger partial charge is 0.508 e. The summed E-state index contributed by atoms with van der Waals surface area (Å²) in [7, 11) is 0. The summed E-state index contributed by atoms with van der Waals surface area (Å²) in [6.45, 7) is 8.68. The fourth-order valence-corrected chi connectivity index (χ4v) is 3.65. The zero-order valence-corrected chi connectivity index (χ0v) is 18.8. The molecule has 31 heavy (non-hydrogen) atoms. The second-order valence-corrected chi connectivity index (χ2v) is 8.38. The third-order valence-corrected chi connectivity index (χ3v) is 5.47. The standard InChI is InChI=1S/C26H33NO4/c1-5-17(2)14-19(4)15-18(3)8-6-7-9-23(29)24-25(30)22(27-26(24)31)16-20-10-12-21(28)13-11-20/h6-13,15,17,19,22,28-29H,5,14,16H2,1-4H3,(H,27,31). The number of hydrogen-bond acceptors (Lipinski definition) is 4. The van der Waals surface area contributed by atoms with E-state index in [1.165, 1.54) is 24.6 Å². The van der Waals surface area contributed by atoms with Gasteiger partial charge in [0.15, 0.2) is 5.78 Å². The maximum absolute atomic E-state index is 12.6. The number of amides is 1. The van der Waals surface area contributed by atoms with E-state index in [2.05, 4.69) is 32.2 Å². The number of nitrogens with one attached hydrogen (secondary N) is 1. The van der Waals surface area contributed by atoms with Gasteiger partial charge in [-0.05, 0) is 49.0 Å². The van der Waals surface area contributed by atoms with Gasteiger partial charge in [0.2, 0.25) is 0 Å². The molecule has 3 atom stereocenters. The van der Waals surface area contributed by atoms with Crippen LogP contribution in [0, 0.1) is 11.8 Å². The van der Waals surface area contributed by atoms with Crippen LogP contribution in [0.15, 0.2) is 71.6 Å². The SMILES string of the molecule is CCC(C)CC(C)C=C(C)C=CC=CC(O)=C1C(=O)NC(Cc2ccc(O)cc2)C1=O. The smallest absolute Gasteiger partial charge is 0.259 e. The van der Waals surface area contributed by atoms with Crippen LogP contribution in [0.1, 0.15) is 46.1 Å². The highest BCUT2D eigenvalue weighted by Gasteiger charge is 2.37. The van der Waals surface area contributed by atoms with Gasteiger partial charge in [-0.2, -0.15) is 0 Å². The van der Waals surface area contributed by atoms with E-state index in [-0.39, 0.29) is 17.1 Å². The molecule has 0 aliphatic carbocycles. The fourth-order valence-electron chi connectivity index (χ4n) is 3.65. The van der Waals surface area contributed by atoms with E-state index in [0.29, 0.717) is 18.3 Å². The van der Waals surface area contributed by atoms with Gasteiger partial charge in [0.25, 0.3) is 5.91 Å². The average molecular weight is 424 g/mol. The van der Waals surface area contributed by atoms with Crippen molar-refractivity contribution in [3.63, 3.8) is 0 Å². The summed E-state index contributed by atoms with van der Waals surface area (Å²) in [5, 5.41) is 22.3. The maximum Gasteiger partial charge on any atom is 0.259 e. The van der Waals surface area contributed by atoms with Crippen LogP contribution in [0.4, 0.5) is 0 Å². The lowest BCUT2D eigenvalue weighted by atomic mass is 9.94. The summed E-state index contributed by atoms with van der Waals surface area (Å²) in [5.74, 6) is -0.0259. The Morgan fingerprint density at radius 1 is 1.13 bits per heavy atom. The molecule has 0 saturated carbocycles. The summed E-state index contributed by atoms with van der Waals surface area (Å²) in [5.41, 5.74) is 1.71. The lowest BCUT2D eigenvalue weighted by Gasteiger charge is -2.12. The predicted octanol–water partition coefficient (Wildman–Crippen LogP) is 4.95. The van der Waals surface area contributed by atoms with Gasteiger partial charge in [0.05, 0.1) is 6.04 Å². The molecule has 1 aliphatic heterocycles. The zero-order chi connectivity index (χ0) is 23.0. The number of carbonyl (C=O) groups is 2. The molecule has 1 heterocycles. The number of carbonyl (C=O) groups excluding carboxylic acids is 2. The Kier molecular flexibility index (Phi) is 8.86. The van der Waals surface area contributed by atoms with Crippen molar-refractivity contribution < 1.29 is 19.8 Å². The molecule has 3 unspecified atom stereocenters. The molecular weight excluding hydrogens is 390 g/mol. The first kappa shape index (κ1) is 24.2. The number of Topliss-reactive ketones (excluding diaryl/α,β-unsaturated/α-hetero) is 1. The lowest BCUT2D eigenvalue weighted by molar-refractivity contribution is -0.117. The highest BCUT2D eigenvalue weighted by molar-refractivity contribution is 6.27. The Morgan fingerprint density at radius 3 is 2.42 bits per heavy atom. The summed E-state index contributed by atoms with van der Waals surface area (Å²) in [6.07, 6.45) is 11.5. The minimum atomic E-state index is -0.727. The number of aliphatic hydroxyl groups is 1. The number of hydrogen-bond donors (Lipinski definition) is 3. The molecule has 3 N–H and O–H groups in total. The molecule has 5 nitrogen and oxygen atoms in total. The van der Waals surface area contributed by atoms with E-state index >= 15 is 0 Å². The Hall–Kier alpha value is -3.08. The predicted molar refractivity (Wildman–Crippen MR) is 124 cm³/mol. The van der Waals surface area contributed by atoms with Crippen molar-refractivity contribution >= 4 is 11.7 Å². The molecule has 0 spiro atoms. The lowest BCUT2D eigenvalue weighted by Crippen LogP contribution is -2.31. The molecule has 5 heteroatoms. The number of aliphatic hydroxyl groups excluding tert-OH is 1. The van der Waals surface area contributed by atoms with Gasteiger partial charge in [0.1, 0.15) is 17.1 Å². The molecule has 166 valence electrons. The number of aromatic hydroxyl groups is 1. The monoisotopic (exact) mass is 423 g/mol. The molecule has 1 aromatic carbocycles. The molecule has 1 saturated heterocycles. The Bertz CT molecular complexity index is 906. The van der Waals surface area contributed by atoms with Crippen LogP contribution in [0.2, 0.25) is 0 Å². The first-order valence-electron chi connectivity index (χ1n) is 10.8. The van der Waals surface area contributed by atoms with Gasteiger partial charge >= 0.3 is 0 Å². The van der Waals surface area contributed by atoms with Crippen molar-refractivity contribution in [2.24, 2.45) is 11.8 Å². The number of allylic oxidation sites excluding steroid dienone is 6. The quantitative estimate of drug-likeness (QED) is 0.227. The summed E-state index contributed by atoms with van der Waals surface area (Å²) in [4.78, 5) is 24.8. The zero-order valence-electron chi connectivity index (χ0n) is 18.8. The molecular formula is C26H33NO4. The normalized spacial score (nSPS) is 21.0. The molecule has 0 radical (unpaired) electrons. The van der Waals surface area contributed by atoms with Crippen LogP contribution in [0.3, 0.4) is 0 Å². The van der Waals surface area contributed by atoms with Crippen LogP contribution in [0.5, 0.6) is 5.75 Å². The maximum atomic E-state index is 12.6. The van der Waals surface area contributed by atoms with Crippen LogP contribution in [-0.4, -0.2) is 27.9 Å². The van der Waals surface area contributed by atoms with Crippen molar-refractivity contribution in [2.45, 2.75) is 53.0 Å². The topological polar surface area (TPSA) is 86.6 Å². The fraction of sp³-hybridized carbons (Fsp3) is 0.385. The molecule has 1 amide bonds. The van der Waals surface area contributed by atoms with Gasteiger partial charge in [-0.1, -0.05) is 69.2 Å². The summed E-state index contributed by atoms with van der Waals surface area (Å²) >= 11 is 0. The molecule has 1 aliphatic rings. The number of phenolic OH excluding ortho intramolecular Hbond substituents is 1. The third kappa shape index (κ3) is 7.28. The number of benzene rings is 1. The van der Waals surface area contributed by atoms with Crippen LogP contribution < -0.4 is 5.32 Å². The van der Waals surface area contributed by atoms with Gasteiger partial charge in [-0.15, -0.1) is 0 Å². The van der Waals surface area contributed by atoms with Crippen molar-refractivity contribution in [3.8, 4) is 5.75 Å². The van der Waals surface area contributed by atoms with Crippen LogP contribution >= 0.6 is 0 Å². The van der Waals surface area contributed by atoms with E-state index in [1.54, 1.807) is 24.3 Å². The van der Waals surface area contributed by atoms with E-state index in [0.717, 1.165) is 17.6 Å². The second-order valence-electron chi connectivity index (χ2n) is 8.38. The van der Waals surface area contributed by atoms with E-state index in [1.807, 2.05) is 13.0 Å². The van der Waals surface area contributed by atoms with Crippen LogP contribution in [-0.2, 0) is 16.0 Å². The van der Waals surface area contributed by atoms with Crippen molar-refractivity contribution in [1.82, 2.24) is 5.32 Å². The second kappa shape index (κ2) is 11.3. The van der Waals surface area contributed by atoms with Crippen molar-refractivity contribution in [2.75, 3.05) is 0 Å². The first-order chi connectivity index (χ1) is 14.7. The number of ketones is 1. The Balaban J connectivity index is 2.00. The average Bonchev–Trinajstić information content (AvgIpc) is 2.99.